The van der Waals surface area contributed by atoms with Crippen molar-refractivity contribution in [3.05, 3.63) is 85.7 Å². The molecule has 2 heterocycles. The largest absolute Gasteiger partial charge is 0.495 e. The number of aryl methyl sites for hydroxylation is 2. The van der Waals surface area contributed by atoms with E-state index in [0.717, 1.165) is 11.1 Å². The molecule has 31 heavy (non-hydrogen) atoms. The first-order valence-corrected chi connectivity index (χ1v) is 10.8. The van der Waals surface area contributed by atoms with E-state index in [9.17, 15) is 9.59 Å². The Morgan fingerprint density at radius 1 is 1.23 bits per heavy atom. The quantitative estimate of drug-likeness (QED) is 0.459. The Labute approximate surface area is 188 Å². The summed E-state index contributed by atoms with van der Waals surface area (Å²) in [4.78, 5) is 31.5. The molecule has 0 atom stereocenters. The number of hydrogen-bond acceptors (Lipinski definition) is 5. The third-order valence-electron chi connectivity index (χ3n) is 5.03. The number of anilines is 1. The number of fused-ring (bicyclic) bond motifs is 1. The number of nitrogens with zero attached hydrogens (tertiary/aromatic N) is 2. The molecule has 4 rings (SSSR count). The van der Waals surface area contributed by atoms with Gasteiger partial charge in [-0.25, -0.2) is 4.98 Å². The molecule has 0 aliphatic carbocycles. The number of nitrogens with one attached hydrogen (secondary N) is 1. The first-order chi connectivity index (χ1) is 14.9. The number of amides is 1. The predicted octanol–water partition coefficient (Wildman–Crippen LogP) is 5.04. The topological polar surface area (TPSA) is 73.2 Å². The first kappa shape index (κ1) is 21.1. The van der Waals surface area contributed by atoms with Gasteiger partial charge in [0, 0.05) is 5.02 Å². The third kappa shape index (κ3) is 4.06. The molecule has 4 aromatic rings. The van der Waals surface area contributed by atoms with E-state index in [-0.39, 0.29) is 11.5 Å². The van der Waals surface area contributed by atoms with Gasteiger partial charge in [0.05, 0.1) is 35.9 Å². The molecular weight excluding hydrogens is 434 g/mol. The van der Waals surface area contributed by atoms with Gasteiger partial charge in [-0.15, -0.1) is 11.3 Å². The molecule has 6 nitrogen and oxygen atoms in total. The summed E-state index contributed by atoms with van der Waals surface area (Å²) in [6.45, 7) is 4.01. The highest BCUT2D eigenvalue weighted by Crippen LogP contribution is 2.30. The van der Waals surface area contributed by atoms with Gasteiger partial charge in [0.25, 0.3) is 11.5 Å². The van der Waals surface area contributed by atoms with Crippen LogP contribution in [0.15, 0.2) is 53.6 Å². The van der Waals surface area contributed by atoms with E-state index in [1.165, 1.54) is 22.2 Å². The standard InChI is InChI=1S/C23H20ClN3O3S/c1-13-8-9-18(30-3)17(10-13)26-21(28)20-14(2)19-22(31-20)25-12-27(23(19)29)11-15-6-4-5-7-16(15)24/h4-10,12H,11H2,1-3H3,(H,26,28). The second kappa shape index (κ2) is 8.53. The van der Waals surface area contributed by atoms with Gasteiger partial charge in [-0.05, 0) is 48.7 Å². The van der Waals surface area contributed by atoms with Crippen LogP contribution in [0, 0.1) is 13.8 Å². The minimum absolute atomic E-state index is 0.203. The summed E-state index contributed by atoms with van der Waals surface area (Å²) in [7, 11) is 1.55. The average Bonchev–Trinajstić information content (AvgIpc) is 3.09. The number of rotatable bonds is 5. The molecular formula is C23H20ClN3O3S. The summed E-state index contributed by atoms with van der Waals surface area (Å²) in [5, 5.41) is 3.93. The van der Waals surface area contributed by atoms with Crippen molar-refractivity contribution in [2.75, 3.05) is 12.4 Å². The van der Waals surface area contributed by atoms with Crippen molar-refractivity contribution in [2.24, 2.45) is 0 Å². The summed E-state index contributed by atoms with van der Waals surface area (Å²) in [6.07, 6.45) is 1.50. The number of hydrogen-bond donors (Lipinski definition) is 1. The van der Waals surface area contributed by atoms with Gasteiger partial charge < -0.3 is 10.1 Å². The fourth-order valence-electron chi connectivity index (χ4n) is 3.40. The van der Waals surface area contributed by atoms with Crippen LogP contribution in [-0.4, -0.2) is 22.6 Å². The molecule has 0 saturated carbocycles. The maximum atomic E-state index is 13.1. The van der Waals surface area contributed by atoms with E-state index in [0.29, 0.717) is 43.7 Å². The Hall–Kier alpha value is -3.16. The van der Waals surface area contributed by atoms with Crippen LogP contribution in [0.4, 0.5) is 5.69 Å². The van der Waals surface area contributed by atoms with Crippen molar-refractivity contribution in [1.29, 1.82) is 0 Å². The summed E-state index contributed by atoms with van der Waals surface area (Å²) in [5.74, 6) is 0.263. The molecule has 8 heteroatoms. The molecule has 0 fully saturated rings. The predicted molar refractivity (Wildman–Crippen MR) is 125 cm³/mol. The van der Waals surface area contributed by atoms with E-state index < -0.39 is 0 Å². The van der Waals surface area contributed by atoms with Crippen LogP contribution in [0.5, 0.6) is 5.75 Å². The van der Waals surface area contributed by atoms with E-state index in [4.69, 9.17) is 16.3 Å². The highest BCUT2D eigenvalue weighted by Gasteiger charge is 2.21. The minimum atomic E-state index is -0.304. The lowest BCUT2D eigenvalue weighted by Crippen LogP contribution is -2.21. The second-order valence-electron chi connectivity index (χ2n) is 7.16. The SMILES string of the molecule is COc1ccc(C)cc1NC(=O)c1sc2ncn(Cc3ccccc3Cl)c(=O)c2c1C. The van der Waals surface area contributed by atoms with Crippen molar-refractivity contribution < 1.29 is 9.53 Å². The zero-order valence-corrected chi connectivity index (χ0v) is 18.8. The normalized spacial score (nSPS) is 11.0. The molecule has 0 bridgehead atoms. The number of carbonyl (C=O) groups is 1. The fourth-order valence-corrected chi connectivity index (χ4v) is 4.63. The van der Waals surface area contributed by atoms with Gasteiger partial charge in [-0.3, -0.25) is 14.2 Å². The van der Waals surface area contributed by atoms with Crippen LogP contribution >= 0.6 is 22.9 Å². The van der Waals surface area contributed by atoms with Crippen LogP contribution in [0.1, 0.15) is 26.4 Å². The minimum Gasteiger partial charge on any atom is -0.495 e. The van der Waals surface area contributed by atoms with Crippen LogP contribution in [0.25, 0.3) is 10.2 Å². The molecule has 1 N–H and O–H groups in total. The fraction of sp³-hybridized carbons (Fsp3) is 0.174. The summed E-state index contributed by atoms with van der Waals surface area (Å²) in [5.41, 5.74) is 2.80. The van der Waals surface area contributed by atoms with Crippen LogP contribution in [0.2, 0.25) is 5.02 Å². The molecule has 2 aromatic carbocycles. The molecule has 0 spiro atoms. The monoisotopic (exact) mass is 453 g/mol. The average molecular weight is 454 g/mol. The van der Waals surface area contributed by atoms with E-state index >= 15 is 0 Å². The first-order valence-electron chi connectivity index (χ1n) is 9.57. The van der Waals surface area contributed by atoms with Crippen molar-refractivity contribution >= 4 is 44.7 Å². The molecule has 0 aliphatic heterocycles. The maximum Gasteiger partial charge on any atom is 0.266 e. The van der Waals surface area contributed by atoms with Gasteiger partial charge in [-0.1, -0.05) is 35.9 Å². The number of methoxy groups -OCH3 is 1. The summed E-state index contributed by atoms with van der Waals surface area (Å²) >= 11 is 7.44. The van der Waals surface area contributed by atoms with Gasteiger partial charge >= 0.3 is 0 Å². The molecule has 0 aliphatic rings. The van der Waals surface area contributed by atoms with Crippen LogP contribution in [-0.2, 0) is 6.54 Å². The van der Waals surface area contributed by atoms with Crippen molar-refractivity contribution in [3.8, 4) is 5.75 Å². The van der Waals surface area contributed by atoms with Gasteiger partial charge in [0.15, 0.2) is 0 Å². The Morgan fingerprint density at radius 3 is 2.74 bits per heavy atom. The van der Waals surface area contributed by atoms with Gasteiger partial charge in [-0.2, -0.15) is 0 Å². The lowest BCUT2D eigenvalue weighted by atomic mass is 10.1. The van der Waals surface area contributed by atoms with Gasteiger partial charge in [0.2, 0.25) is 0 Å². The second-order valence-corrected chi connectivity index (χ2v) is 8.57. The van der Waals surface area contributed by atoms with Crippen molar-refractivity contribution in [3.63, 3.8) is 0 Å². The Morgan fingerprint density at radius 2 is 2.00 bits per heavy atom. The third-order valence-corrected chi connectivity index (χ3v) is 6.59. The number of benzene rings is 2. The molecule has 2 aromatic heterocycles. The van der Waals surface area contributed by atoms with Crippen LogP contribution < -0.4 is 15.6 Å². The Kier molecular flexibility index (Phi) is 5.80. The summed E-state index contributed by atoms with van der Waals surface area (Å²) < 4.78 is 6.85. The number of thiophene rings is 1. The highest BCUT2D eigenvalue weighted by atomic mass is 35.5. The van der Waals surface area contributed by atoms with Crippen LogP contribution in [0.3, 0.4) is 0 Å². The maximum absolute atomic E-state index is 13.1. The zero-order valence-electron chi connectivity index (χ0n) is 17.2. The Balaban J connectivity index is 1.71. The number of carbonyl (C=O) groups excluding carboxylic acids is 1. The molecule has 0 saturated heterocycles. The lowest BCUT2D eigenvalue weighted by Gasteiger charge is -2.10. The van der Waals surface area contributed by atoms with Crippen molar-refractivity contribution in [2.45, 2.75) is 20.4 Å². The smallest absolute Gasteiger partial charge is 0.266 e. The molecule has 1 amide bonds. The number of ether oxygens (including phenoxy) is 1. The molecule has 0 unspecified atom stereocenters. The number of halogens is 1. The van der Waals surface area contributed by atoms with E-state index in [1.54, 1.807) is 26.2 Å². The van der Waals surface area contributed by atoms with E-state index in [1.807, 2.05) is 37.3 Å². The highest BCUT2D eigenvalue weighted by molar-refractivity contribution is 7.20. The summed E-state index contributed by atoms with van der Waals surface area (Å²) in [6, 6.07) is 12.9. The zero-order chi connectivity index (χ0) is 22.1. The molecule has 0 radical (unpaired) electrons. The lowest BCUT2D eigenvalue weighted by molar-refractivity contribution is 0.102. The van der Waals surface area contributed by atoms with Gasteiger partial charge in [0.1, 0.15) is 10.6 Å². The van der Waals surface area contributed by atoms with Crippen molar-refractivity contribution in [1.82, 2.24) is 9.55 Å². The Bertz CT molecular complexity index is 1360. The molecule has 158 valence electrons. The van der Waals surface area contributed by atoms with E-state index in [2.05, 4.69) is 10.3 Å². The number of aromatic nitrogens is 2.